The molecule has 1 aliphatic rings. The quantitative estimate of drug-likeness (QED) is 0.684. The SMILES string of the molecule is Nc1c(Cl)ncnc1NC1CCCCC1O. The van der Waals surface area contributed by atoms with E-state index in [9.17, 15) is 5.11 Å². The molecule has 0 spiro atoms. The van der Waals surface area contributed by atoms with Gasteiger partial charge in [0, 0.05) is 0 Å². The highest BCUT2D eigenvalue weighted by atomic mass is 35.5. The first kappa shape index (κ1) is 11.4. The van der Waals surface area contributed by atoms with Gasteiger partial charge in [-0.15, -0.1) is 0 Å². The Kier molecular flexibility index (Phi) is 3.46. The molecule has 0 aromatic carbocycles. The maximum Gasteiger partial charge on any atom is 0.157 e. The molecule has 1 heterocycles. The van der Waals surface area contributed by atoms with Crippen LogP contribution in [-0.2, 0) is 0 Å². The lowest BCUT2D eigenvalue weighted by Gasteiger charge is -2.29. The first-order valence-corrected chi connectivity index (χ1v) is 5.77. The highest BCUT2D eigenvalue weighted by molar-refractivity contribution is 6.32. The van der Waals surface area contributed by atoms with Gasteiger partial charge in [0.2, 0.25) is 0 Å². The topological polar surface area (TPSA) is 84.1 Å². The van der Waals surface area contributed by atoms with E-state index >= 15 is 0 Å². The predicted octanol–water partition coefficient (Wildman–Crippen LogP) is 1.43. The minimum Gasteiger partial charge on any atom is -0.393 e. The molecule has 6 heteroatoms. The highest BCUT2D eigenvalue weighted by Crippen LogP contribution is 2.26. The van der Waals surface area contributed by atoms with Crippen LogP contribution in [0, 0.1) is 0 Å². The minimum absolute atomic E-state index is 0.00187. The molecule has 0 amide bonds. The summed E-state index contributed by atoms with van der Waals surface area (Å²) in [7, 11) is 0. The fourth-order valence-electron chi connectivity index (χ4n) is 1.94. The Morgan fingerprint density at radius 1 is 1.38 bits per heavy atom. The van der Waals surface area contributed by atoms with Gasteiger partial charge in [0.1, 0.15) is 12.0 Å². The molecule has 1 aliphatic carbocycles. The maximum atomic E-state index is 9.81. The molecule has 2 unspecified atom stereocenters. The monoisotopic (exact) mass is 242 g/mol. The Morgan fingerprint density at radius 3 is 2.88 bits per heavy atom. The van der Waals surface area contributed by atoms with E-state index in [1.54, 1.807) is 0 Å². The number of rotatable bonds is 2. The van der Waals surface area contributed by atoms with E-state index < -0.39 is 0 Å². The number of halogens is 1. The summed E-state index contributed by atoms with van der Waals surface area (Å²) in [4.78, 5) is 7.80. The first-order valence-electron chi connectivity index (χ1n) is 5.39. The molecule has 0 bridgehead atoms. The summed E-state index contributed by atoms with van der Waals surface area (Å²) >= 11 is 5.79. The standard InChI is InChI=1S/C10H15ClN4O/c11-9-8(12)10(14-5-13-9)15-6-3-1-2-4-7(6)16/h5-7,16H,1-4,12H2,(H,13,14,15). The number of hydrogen-bond donors (Lipinski definition) is 3. The van der Waals surface area contributed by atoms with Crippen LogP contribution in [0.25, 0.3) is 0 Å². The van der Waals surface area contributed by atoms with Crippen molar-refractivity contribution < 1.29 is 5.11 Å². The number of aliphatic hydroxyl groups excluding tert-OH is 1. The average Bonchev–Trinajstić information content (AvgIpc) is 2.28. The van der Waals surface area contributed by atoms with E-state index in [-0.39, 0.29) is 17.3 Å². The van der Waals surface area contributed by atoms with Crippen molar-refractivity contribution in [2.24, 2.45) is 0 Å². The highest BCUT2D eigenvalue weighted by Gasteiger charge is 2.23. The van der Waals surface area contributed by atoms with Crippen molar-refractivity contribution in [3.63, 3.8) is 0 Å². The summed E-state index contributed by atoms with van der Waals surface area (Å²) in [5, 5.41) is 13.2. The van der Waals surface area contributed by atoms with Gasteiger partial charge in [-0.1, -0.05) is 24.4 Å². The van der Waals surface area contributed by atoms with Crippen LogP contribution in [0.2, 0.25) is 5.15 Å². The molecular formula is C10H15ClN4O. The summed E-state index contributed by atoms with van der Waals surface area (Å²) in [6.07, 6.45) is 4.92. The molecule has 1 aromatic heterocycles. The number of aromatic nitrogens is 2. The zero-order valence-corrected chi connectivity index (χ0v) is 9.61. The zero-order chi connectivity index (χ0) is 11.5. The molecule has 16 heavy (non-hydrogen) atoms. The van der Waals surface area contributed by atoms with Crippen molar-refractivity contribution in [2.45, 2.75) is 37.8 Å². The maximum absolute atomic E-state index is 9.81. The van der Waals surface area contributed by atoms with Gasteiger partial charge in [0.25, 0.3) is 0 Å². The Balaban J connectivity index is 2.10. The molecular weight excluding hydrogens is 228 g/mol. The molecule has 88 valence electrons. The van der Waals surface area contributed by atoms with E-state index in [1.807, 2.05) is 0 Å². The van der Waals surface area contributed by atoms with Gasteiger partial charge in [-0.2, -0.15) is 0 Å². The molecule has 5 nitrogen and oxygen atoms in total. The van der Waals surface area contributed by atoms with E-state index in [4.69, 9.17) is 17.3 Å². The second-order valence-electron chi connectivity index (χ2n) is 4.03. The summed E-state index contributed by atoms with van der Waals surface area (Å²) in [5.41, 5.74) is 6.08. The van der Waals surface area contributed by atoms with Gasteiger partial charge in [0.15, 0.2) is 11.0 Å². The van der Waals surface area contributed by atoms with Gasteiger partial charge in [-0.3, -0.25) is 0 Å². The predicted molar refractivity (Wildman–Crippen MR) is 63.3 cm³/mol. The Hall–Kier alpha value is -1.07. The number of hydrogen-bond acceptors (Lipinski definition) is 5. The normalized spacial score (nSPS) is 25.4. The lowest BCUT2D eigenvalue weighted by molar-refractivity contribution is 0.116. The molecule has 1 saturated carbocycles. The second kappa shape index (κ2) is 4.84. The van der Waals surface area contributed by atoms with Crippen molar-refractivity contribution in [1.82, 2.24) is 9.97 Å². The summed E-state index contributed by atoms with van der Waals surface area (Å²) < 4.78 is 0. The third kappa shape index (κ3) is 2.36. The van der Waals surface area contributed by atoms with E-state index in [1.165, 1.54) is 6.33 Å². The smallest absolute Gasteiger partial charge is 0.157 e. The zero-order valence-electron chi connectivity index (χ0n) is 8.86. The van der Waals surface area contributed by atoms with Crippen molar-refractivity contribution in [3.8, 4) is 0 Å². The van der Waals surface area contributed by atoms with Gasteiger partial charge in [-0.05, 0) is 12.8 Å². The number of anilines is 2. The van der Waals surface area contributed by atoms with Crippen LogP contribution in [0.3, 0.4) is 0 Å². The third-order valence-electron chi connectivity index (χ3n) is 2.89. The molecule has 0 radical (unpaired) electrons. The van der Waals surface area contributed by atoms with Crippen molar-refractivity contribution in [2.75, 3.05) is 11.1 Å². The molecule has 0 aliphatic heterocycles. The van der Waals surface area contributed by atoms with Crippen LogP contribution in [-0.4, -0.2) is 27.2 Å². The molecule has 0 saturated heterocycles. The van der Waals surface area contributed by atoms with Gasteiger partial charge in [0.05, 0.1) is 12.1 Å². The van der Waals surface area contributed by atoms with Gasteiger partial charge in [-0.25, -0.2) is 9.97 Å². The Morgan fingerprint density at radius 2 is 2.12 bits per heavy atom. The third-order valence-corrected chi connectivity index (χ3v) is 3.19. The molecule has 4 N–H and O–H groups in total. The fourth-order valence-corrected chi connectivity index (χ4v) is 2.08. The summed E-state index contributed by atoms with van der Waals surface area (Å²) in [6, 6.07) is 0.00187. The molecule has 2 rings (SSSR count). The fraction of sp³-hybridized carbons (Fsp3) is 0.600. The lowest BCUT2D eigenvalue weighted by atomic mass is 9.92. The van der Waals surface area contributed by atoms with Crippen LogP contribution in [0.4, 0.5) is 11.5 Å². The number of nitrogens with one attached hydrogen (secondary N) is 1. The van der Waals surface area contributed by atoms with Crippen LogP contribution < -0.4 is 11.1 Å². The summed E-state index contributed by atoms with van der Waals surface area (Å²) in [5.74, 6) is 0.506. The Bertz CT molecular complexity index is 374. The lowest BCUT2D eigenvalue weighted by Crippen LogP contribution is -2.36. The largest absolute Gasteiger partial charge is 0.393 e. The van der Waals surface area contributed by atoms with Crippen molar-refractivity contribution in [3.05, 3.63) is 11.5 Å². The molecule has 2 atom stereocenters. The number of nitrogens with zero attached hydrogens (tertiary/aromatic N) is 2. The van der Waals surface area contributed by atoms with Crippen molar-refractivity contribution in [1.29, 1.82) is 0 Å². The van der Waals surface area contributed by atoms with Gasteiger partial charge >= 0.3 is 0 Å². The second-order valence-corrected chi connectivity index (χ2v) is 4.39. The van der Waals surface area contributed by atoms with Gasteiger partial charge < -0.3 is 16.2 Å². The van der Waals surface area contributed by atoms with Crippen LogP contribution in [0.1, 0.15) is 25.7 Å². The van der Waals surface area contributed by atoms with Crippen LogP contribution in [0.5, 0.6) is 0 Å². The van der Waals surface area contributed by atoms with Crippen molar-refractivity contribution >= 4 is 23.1 Å². The van der Waals surface area contributed by atoms with Crippen LogP contribution >= 0.6 is 11.6 Å². The molecule has 1 aromatic rings. The van der Waals surface area contributed by atoms with E-state index in [0.29, 0.717) is 11.5 Å². The van der Waals surface area contributed by atoms with E-state index in [2.05, 4.69) is 15.3 Å². The number of aliphatic hydroxyl groups is 1. The first-order chi connectivity index (χ1) is 7.68. The number of nitrogens with two attached hydrogens (primary N) is 1. The number of nitrogen functional groups attached to an aromatic ring is 1. The van der Waals surface area contributed by atoms with Crippen LogP contribution in [0.15, 0.2) is 6.33 Å². The summed E-state index contributed by atoms with van der Waals surface area (Å²) in [6.45, 7) is 0. The average molecular weight is 243 g/mol. The van der Waals surface area contributed by atoms with E-state index in [0.717, 1.165) is 25.7 Å². The molecule has 1 fully saturated rings. The minimum atomic E-state index is -0.345. The Labute approximate surface area is 99.0 Å².